The van der Waals surface area contributed by atoms with Gasteiger partial charge in [-0.1, -0.05) is 140 Å². The van der Waals surface area contributed by atoms with Crippen LogP contribution in [0.2, 0.25) is 0 Å². The highest BCUT2D eigenvalue weighted by molar-refractivity contribution is 5.76. The van der Waals surface area contributed by atoms with E-state index < -0.39 is 0 Å². The van der Waals surface area contributed by atoms with E-state index >= 15 is 0 Å². The Morgan fingerprint density at radius 3 is 1.27 bits per heavy atom. The summed E-state index contributed by atoms with van der Waals surface area (Å²) in [6.07, 6.45) is 48.8. The lowest BCUT2D eigenvalue weighted by Crippen LogP contribution is -2.31. The maximum absolute atomic E-state index is 12.5. The van der Waals surface area contributed by atoms with E-state index in [9.17, 15) is 4.79 Å². The normalized spacial score (nSPS) is 17.0. The SMILES string of the molecule is CCCCCC=CCC=CCCCCCCCCOC1CN(C(=O)CCN)C[C@H]1OCCCCCCCCC=CCC=CCCCCC. The minimum atomic E-state index is -0.0192. The molecule has 0 aromatic rings. The van der Waals surface area contributed by atoms with Gasteiger partial charge in [0.1, 0.15) is 12.2 Å². The number of hydrogen-bond acceptors (Lipinski definition) is 4. The van der Waals surface area contributed by atoms with Gasteiger partial charge in [-0.25, -0.2) is 0 Å². The molecule has 1 rings (SSSR count). The van der Waals surface area contributed by atoms with Crippen molar-refractivity contribution in [2.75, 3.05) is 32.8 Å². The van der Waals surface area contributed by atoms with Crippen molar-refractivity contribution in [2.45, 2.75) is 187 Å². The molecule has 5 nitrogen and oxygen atoms in total. The number of rotatable bonds is 34. The van der Waals surface area contributed by atoms with Gasteiger partial charge in [-0.15, -0.1) is 0 Å². The van der Waals surface area contributed by atoms with Crippen LogP contribution in [-0.4, -0.2) is 55.9 Å². The van der Waals surface area contributed by atoms with Crippen LogP contribution in [0.5, 0.6) is 0 Å². The van der Waals surface area contributed by atoms with E-state index in [0.29, 0.717) is 26.1 Å². The molecule has 2 atom stereocenters. The van der Waals surface area contributed by atoms with Crippen LogP contribution < -0.4 is 5.73 Å². The summed E-state index contributed by atoms with van der Waals surface area (Å²) in [5.41, 5.74) is 5.66. The molecule has 2 N–H and O–H groups in total. The van der Waals surface area contributed by atoms with Crippen molar-refractivity contribution >= 4 is 5.91 Å². The molecule has 1 saturated heterocycles. The molecular weight excluding hydrogens is 592 g/mol. The van der Waals surface area contributed by atoms with Gasteiger partial charge in [0.25, 0.3) is 0 Å². The maximum Gasteiger partial charge on any atom is 0.224 e. The molecule has 1 fully saturated rings. The maximum atomic E-state index is 12.5. The molecule has 0 aromatic carbocycles. The lowest BCUT2D eigenvalue weighted by atomic mass is 10.1. The van der Waals surface area contributed by atoms with E-state index in [1.54, 1.807) is 0 Å². The minimum absolute atomic E-state index is 0.0192. The molecule has 1 aliphatic rings. The van der Waals surface area contributed by atoms with Crippen LogP contribution in [0.3, 0.4) is 0 Å². The van der Waals surface area contributed by atoms with Crippen LogP contribution in [0.4, 0.5) is 0 Å². The number of allylic oxidation sites excluding steroid dienone is 8. The van der Waals surface area contributed by atoms with E-state index in [-0.39, 0.29) is 18.1 Å². The molecule has 0 spiro atoms. The molecule has 278 valence electrons. The van der Waals surface area contributed by atoms with Gasteiger partial charge in [0.2, 0.25) is 5.91 Å². The summed E-state index contributed by atoms with van der Waals surface area (Å²) in [5.74, 6) is 0.125. The van der Waals surface area contributed by atoms with Crippen molar-refractivity contribution in [1.29, 1.82) is 0 Å². The zero-order valence-corrected chi connectivity index (χ0v) is 31.7. The molecule has 0 bridgehead atoms. The highest BCUT2D eigenvalue weighted by Crippen LogP contribution is 2.20. The number of nitrogens with zero attached hydrogens (tertiary/aromatic N) is 1. The van der Waals surface area contributed by atoms with Gasteiger partial charge in [-0.3, -0.25) is 4.79 Å². The van der Waals surface area contributed by atoms with Gasteiger partial charge in [-0.2, -0.15) is 0 Å². The molecule has 0 aromatic heterocycles. The number of nitrogens with two attached hydrogens (primary N) is 1. The second-order valence-corrected chi connectivity index (χ2v) is 13.8. The number of likely N-dealkylation sites (tertiary alicyclic amines) is 1. The number of carbonyl (C=O) groups excluding carboxylic acids is 1. The van der Waals surface area contributed by atoms with Crippen LogP contribution in [0, 0.1) is 0 Å². The first kappa shape index (κ1) is 44.3. The predicted octanol–water partition coefficient (Wildman–Crippen LogP) is 11.6. The third-order valence-corrected chi connectivity index (χ3v) is 9.28. The Morgan fingerprint density at radius 1 is 0.542 bits per heavy atom. The van der Waals surface area contributed by atoms with E-state index in [1.165, 1.54) is 128 Å². The summed E-state index contributed by atoms with van der Waals surface area (Å²) in [6, 6.07) is 0. The lowest BCUT2D eigenvalue weighted by Gasteiger charge is -2.19. The summed E-state index contributed by atoms with van der Waals surface area (Å²) in [6.45, 7) is 7.68. The average Bonchev–Trinajstić information content (AvgIpc) is 3.50. The first-order valence-electron chi connectivity index (χ1n) is 20.5. The van der Waals surface area contributed by atoms with Gasteiger partial charge in [0.15, 0.2) is 0 Å². The zero-order valence-electron chi connectivity index (χ0n) is 31.7. The number of ether oxygens (including phenoxy) is 2. The third kappa shape index (κ3) is 27.2. The number of carbonyl (C=O) groups is 1. The summed E-state index contributed by atoms with van der Waals surface area (Å²) in [7, 11) is 0. The molecular formula is C43H78N2O3. The number of amides is 1. The van der Waals surface area contributed by atoms with E-state index in [0.717, 1.165) is 38.9 Å². The Labute approximate surface area is 298 Å². The average molecular weight is 671 g/mol. The van der Waals surface area contributed by atoms with E-state index in [4.69, 9.17) is 15.2 Å². The molecule has 5 heteroatoms. The first-order chi connectivity index (χ1) is 23.7. The Hall–Kier alpha value is -1.69. The van der Waals surface area contributed by atoms with Crippen LogP contribution in [0.1, 0.15) is 174 Å². The Bertz CT molecular complexity index is 763. The monoisotopic (exact) mass is 671 g/mol. The van der Waals surface area contributed by atoms with E-state index in [1.807, 2.05) is 4.90 Å². The van der Waals surface area contributed by atoms with Gasteiger partial charge in [0.05, 0.1) is 0 Å². The fraction of sp³-hybridized carbons (Fsp3) is 0.791. The van der Waals surface area contributed by atoms with Crippen LogP contribution in [0.25, 0.3) is 0 Å². The second-order valence-electron chi connectivity index (χ2n) is 13.8. The fourth-order valence-electron chi connectivity index (χ4n) is 6.20. The zero-order chi connectivity index (χ0) is 34.6. The van der Waals surface area contributed by atoms with Crippen molar-refractivity contribution in [3.05, 3.63) is 48.6 Å². The topological polar surface area (TPSA) is 64.8 Å². The van der Waals surface area contributed by atoms with Crippen molar-refractivity contribution < 1.29 is 14.3 Å². The fourth-order valence-corrected chi connectivity index (χ4v) is 6.20. The van der Waals surface area contributed by atoms with E-state index in [2.05, 4.69) is 62.5 Å². The van der Waals surface area contributed by atoms with Crippen molar-refractivity contribution in [3.63, 3.8) is 0 Å². The smallest absolute Gasteiger partial charge is 0.224 e. The molecule has 1 aliphatic heterocycles. The Morgan fingerprint density at radius 2 is 0.896 bits per heavy atom. The molecule has 0 aliphatic carbocycles. The van der Waals surface area contributed by atoms with Gasteiger partial charge in [0, 0.05) is 39.3 Å². The molecule has 0 saturated carbocycles. The van der Waals surface area contributed by atoms with Crippen LogP contribution >= 0.6 is 0 Å². The number of unbranched alkanes of at least 4 members (excludes halogenated alkanes) is 18. The lowest BCUT2D eigenvalue weighted by molar-refractivity contribution is -0.130. The largest absolute Gasteiger partial charge is 0.374 e. The molecule has 48 heavy (non-hydrogen) atoms. The third-order valence-electron chi connectivity index (χ3n) is 9.28. The summed E-state index contributed by atoms with van der Waals surface area (Å²) >= 11 is 0. The second kappa shape index (κ2) is 35.1. The molecule has 1 amide bonds. The van der Waals surface area contributed by atoms with Gasteiger partial charge >= 0.3 is 0 Å². The highest BCUT2D eigenvalue weighted by Gasteiger charge is 2.36. The van der Waals surface area contributed by atoms with Crippen molar-refractivity contribution in [3.8, 4) is 0 Å². The predicted molar refractivity (Wildman–Crippen MR) is 208 cm³/mol. The summed E-state index contributed by atoms with van der Waals surface area (Å²) < 4.78 is 12.6. The van der Waals surface area contributed by atoms with Gasteiger partial charge in [-0.05, 0) is 77.0 Å². The van der Waals surface area contributed by atoms with Crippen molar-refractivity contribution in [2.24, 2.45) is 5.73 Å². The summed E-state index contributed by atoms with van der Waals surface area (Å²) in [4.78, 5) is 14.4. The molecule has 1 unspecified atom stereocenters. The molecule has 0 radical (unpaired) electrons. The van der Waals surface area contributed by atoms with Crippen molar-refractivity contribution in [1.82, 2.24) is 4.90 Å². The van der Waals surface area contributed by atoms with Crippen LogP contribution in [0.15, 0.2) is 48.6 Å². The van der Waals surface area contributed by atoms with Gasteiger partial charge < -0.3 is 20.1 Å². The minimum Gasteiger partial charge on any atom is -0.374 e. The summed E-state index contributed by atoms with van der Waals surface area (Å²) in [5, 5.41) is 0. The standard InChI is InChI=1S/C43H78N2O3/c1-3-5-7-9-11-13-15-17-19-21-23-25-27-29-31-33-37-47-41-39-45(43(46)35-36-44)40-42(41)48-38-34-32-30-28-26-24-22-20-18-16-14-12-10-8-6-4-2/h11-14,17-20,41-42H,3-10,15-16,21-40,44H2,1-2H3/t41-,42?/m1/s1. The highest BCUT2D eigenvalue weighted by atomic mass is 16.5. The molecule has 1 heterocycles. The first-order valence-corrected chi connectivity index (χ1v) is 20.5. The number of hydrogen-bond donors (Lipinski definition) is 1. The quantitative estimate of drug-likeness (QED) is 0.0546. The Kier molecular flexibility index (Phi) is 32.5. The Balaban J connectivity index is 2.09. The van der Waals surface area contributed by atoms with Crippen LogP contribution in [-0.2, 0) is 14.3 Å².